The van der Waals surface area contributed by atoms with E-state index < -0.39 is 0 Å². The van der Waals surface area contributed by atoms with Crippen LogP contribution < -0.4 is 14.8 Å². The highest BCUT2D eigenvalue weighted by molar-refractivity contribution is 5.78. The first kappa shape index (κ1) is 15.2. The minimum atomic E-state index is 0.182. The van der Waals surface area contributed by atoms with Crippen LogP contribution >= 0.6 is 0 Å². The van der Waals surface area contributed by atoms with E-state index in [-0.39, 0.29) is 5.91 Å². The number of amides is 1. The Kier molecular flexibility index (Phi) is 4.52. The van der Waals surface area contributed by atoms with E-state index >= 15 is 0 Å². The van der Waals surface area contributed by atoms with Gasteiger partial charge in [-0.1, -0.05) is 0 Å². The topological polar surface area (TPSA) is 50.8 Å². The molecule has 1 N–H and O–H groups in total. The number of rotatable bonds is 6. The van der Waals surface area contributed by atoms with E-state index in [9.17, 15) is 4.79 Å². The lowest BCUT2D eigenvalue weighted by Crippen LogP contribution is -2.41. The molecular weight excluding hydrogens is 280 g/mol. The van der Waals surface area contributed by atoms with E-state index in [0.717, 1.165) is 42.5 Å². The predicted octanol–water partition coefficient (Wildman–Crippen LogP) is 1.59. The zero-order valence-electron chi connectivity index (χ0n) is 13.4. The molecule has 2 aliphatic rings. The standard InChI is InChI=1S/C17H24N2O3/c1-21-15-7-13-5-6-19(11-14(13)8-16(15)22-2)17(20)10-18-9-12-3-4-12/h7-8,12,18H,3-6,9-11H2,1-2H3. The Morgan fingerprint density at radius 3 is 2.55 bits per heavy atom. The number of fused-ring (bicyclic) bond motifs is 1. The van der Waals surface area contributed by atoms with Crippen molar-refractivity contribution in [3.05, 3.63) is 23.3 Å². The van der Waals surface area contributed by atoms with Gasteiger partial charge in [-0.25, -0.2) is 0 Å². The summed E-state index contributed by atoms with van der Waals surface area (Å²) in [5, 5.41) is 3.27. The van der Waals surface area contributed by atoms with E-state index in [0.29, 0.717) is 13.1 Å². The lowest BCUT2D eigenvalue weighted by molar-refractivity contribution is -0.131. The second kappa shape index (κ2) is 6.57. The molecule has 1 fully saturated rings. The van der Waals surface area contributed by atoms with Gasteiger partial charge in [0.1, 0.15) is 0 Å². The van der Waals surface area contributed by atoms with Crippen LogP contribution in [0.4, 0.5) is 0 Å². The van der Waals surface area contributed by atoms with Crippen molar-refractivity contribution in [1.82, 2.24) is 10.2 Å². The van der Waals surface area contributed by atoms with Crippen LogP contribution in [0.15, 0.2) is 12.1 Å². The third-order valence-electron chi connectivity index (χ3n) is 4.48. The normalized spacial score (nSPS) is 17.1. The van der Waals surface area contributed by atoms with Gasteiger partial charge in [0.05, 0.1) is 20.8 Å². The van der Waals surface area contributed by atoms with Gasteiger partial charge < -0.3 is 19.7 Å². The molecule has 1 saturated carbocycles. The molecule has 120 valence electrons. The van der Waals surface area contributed by atoms with Gasteiger partial charge in [-0.3, -0.25) is 4.79 Å². The monoisotopic (exact) mass is 304 g/mol. The highest BCUT2D eigenvalue weighted by atomic mass is 16.5. The predicted molar refractivity (Wildman–Crippen MR) is 84.3 cm³/mol. The van der Waals surface area contributed by atoms with Crippen LogP contribution in [-0.2, 0) is 17.8 Å². The second-order valence-electron chi connectivity index (χ2n) is 6.12. The molecule has 22 heavy (non-hydrogen) atoms. The summed E-state index contributed by atoms with van der Waals surface area (Å²) in [5.74, 6) is 2.46. The molecule has 1 aromatic rings. The molecule has 1 heterocycles. The summed E-state index contributed by atoms with van der Waals surface area (Å²) >= 11 is 0. The fourth-order valence-corrected chi connectivity index (χ4v) is 2.91. The van der Waals surface area contributed by atoms with Crippen molar-refractivity contribution in [2.45, 2.75) is 25.8 Å². The zero-order valence-corrected chi connectivity index (χ0v) is 13.4. The van der Waals surface area contributed by atoms with Crippen LogP contribution in [0.5, 0.6) is 11.5 Å². The number of benzene rings is 1. The SMILES string of the molecule is COc1cc2c(cc1OC)CN(C(=O)CNCC1CC1)CC2. The van der Waals surface area contributed by atoms with Gasteiger partial charge in [0.25, 0.3) is 0 Å². The number of carbonyl (C=O) groups is 1. The van der Waals surface area contributed by atoms with Crippen molar-refractivity contribution in [1.29, 1.82) is 0 Å². The van der Waals surface area contributed by atoms with Crippen molar-refractivity contribution in [3.63, 3.8) is 0 Å². The molecule has 0 spiro atoms. The first-order valence-corrected chi connectivity index (χ1v) is 7.93. The van der Waals surface area contributed by atoms with E-state index in [1.54, 1.807) is 14.2 Å². The molecule has 1 aliphatic carbocycles. The summed E-state index contributed by atoms with van der Waals surface area (Å²) in [4.78, 5) is 14.2. The van der Waals surface area contributed by atoms with Gasteiger partial charge in [0.2, 0.25) is 5.91 Å². The number of nitrogens with one attached hydrogen (secondary N) is 1. The van der Waals surface area contributed by atoms with Crippen molar-refractivity contribution in [2.75, 3.05) is 33.9 Å². The number of methoxy groups -OCH3 is 2. The molecule has 1 aromatic carbocycles. The minimum absolute atomic E-state index is 0.182. The summed E-state index contributed by atoms with van der Waals surface area (Å²) in [5.41, 5.74) is 2.40. The molecule has 1 amide bonds. The van der Waals surface area contributed by atoms with Crippen molar-refractivity contribution in [3.8, 4) is 11.5 Å². The molecule has 5 heteroatoms. The van der Waals surface area contributed by atoms with Crippen LogP contribution in [0.1, 0.15) is 24.0 Å². The van der Waals surface area contributed by atoms with Crippen LogP contribution in [0.3, 0.4) is 0 Å². The maximum atomic E-state index is 12.3. The van der Waals surface area contributed by atoms with Crippen LogP contribution in [0, 0.1) is 5.92 Å². The fourth-order valence-electron chi connectivity index (χ4n) is 2.91. The fraction of sp³-hybridized carbons (Fsp3) is 0.588. The first-order chi connectivity index (χ1) is 10.7. The summed E-state index contributed by atoms with van der Waals surface area (Å²) in [6.45, 7) is 2.84. The first-order valence-electron chi connectivity index (χ1n) is 7.93. The molecule has 0 bridgehead atoms. The number of hydrogen-bond donors (Lipinski definition) is 1. The van der Waals surface area contributed by atoms with Crippen molar-refractivity contribution >= 4 is 5.91 Å². The zero-order chi connectivity index (χ0) is 15.5. The van der Waals surface area contributed by atoms with E-state index in [4.69, 9.17) is 9.47 Å². The molecule has 5 nitrogen and oxygen atoms in total. The van der Waals surface area contributed by atoms with E-state index in [1.165, 1.54) is 18.4 Å². The Morgan fingerprint density at radius 2 is 1.91 bits per heavy atom. The Morgan fingerprint density at radius 1 is 1.23 bits per heavy atom. The highest BCUT2D eigenvalue weighted by Crippen LogP contribution is 2.33. The van der Waals surface area contributed by atoms with Crippen LogP contribution in [-0.4, -0.2) is 44.7 Å². The Labute approximate surface area is 131 Å². The minimum Gasteiger partial charge on any atom is -0.493 e. The van der Waals surface area contributed by atoms with Gasteiger partial charge >= 0.3 is 0 Å². The number of carbonyl (C=O) groups excluding carboxylic acids is 1. The average molecular weight is 304 g/mol. The molecule has 3 rings (SSSR count). The number of hydrogen-bond acceptors (Lipinski definition) is 4. The number of nitrogens with zero attached hydrogens (tertiary/aromatic N) is 1. The third-order valence-corrected chi connectivity index (χ3v) is 4.48. The molecule has 0 saturated heterocycles. The van der Waals surface area contributed by atoms with Crippen molar-refractivity contribution in [2.24, 2.45) is 5.92 Å². The summed E-state index contributed by atoms with van der Waals surface area (Å²) in [6.07, 6.45) is 3.48. The van der Waals surface area contributed by atoms with Crippen LogP contribution in [0.25, 0.3) is 0 Å². The summed E-state index contributed by atoms with van der Waals surface area (Å²) in [6, 6.07) is 4.02. The quantitative estimate of drug-likeness (QED) is 0.867. The highest BCUT2D eigenvalue weighted by Gasteiger charge is 2.24. The molecule has 0 radical (unpaired) electrons. The Balaban J connectivity index is 1.63. The average Bonchev–Trinajstić information content (AvgIpc) is 3.37. The maximum Gasteiger partial charge on any atom is 0.236 e. The Hall–Kier alpha value is -1.75. The van der Waals surface area contributed by atoms with Crippen LogP contribution in [0.2, 0.25) is 0 Å². The smallest absolute Gasteiger partial charge is 0.236 e. The largest absolute Gasteiger partial charge is 0.493 e. The molecule has 1 aliphatic heterocycles. The van der Waals surface area contributed by atoms with Gasteiger partial charge in [-0.15, -0.1) is 0 Å². The molecule has 0 unspecified atom stereocenters. The lowest BCUT2D eigenvalue weighted by atomic mass is 9.98. The molecule has 0 aromatic heterocycles. The lowest BCUT2D eigenvalue weighted by Gasteiger charge is -2.29. The van der Waals surface area contributed by atoms with E-state index in [1.807, 2.05) is 17.0 Å². The summed E-state index contributed by atoms with van der Waals surface area (Å²) < 4.78 is 10.7. The third kappa shape index (κ3) is 3.35. The van der Waals surface area contributed by atoms with Gasteiger partial charge in [0.15, 0.2) is 11.5 Å². The molecule has 0 atom stereocenters. The molecular formula is C17H24N2O3. The van der Waals surface area contributed by atoms with Gasteiger partial charge in [0, 0.05) is 13.1 Å². The van der Waals surface area contributed by atoms with E-state index in [2.05, 4.69) is 5.32 Å². The summed E-state index contributed by atoms with van der Waals surface area (Å²) in [7, 11) is 3.28. The maximum absolute atomic E-state index is 12.3. The Bertz CT molecular complexity index is 555. The van der Waals surface area contributed by atoms with Gasteiger partial charge in [-0.05, 0) is 55.0 Å². The van der Waals surface area contributed by atoms with Crippen molar-refractivity contribution < 1.29 is 14.3 Å². The number of ether oxygens (including phenoxy) is 2. The second-order valence-corrected chi connectivity index (χ2v) is 6.12. The van der Waals surface area contributed by atoms with Gasteiger partial charge in [-0.2, -0.15) is 0 Å².